The molecule has 0 amide bonds. The lowest BCUT2D eigenvalue weighted by atomic mass is 9.95. The van der Waals surface area contributed by atoms with E-state index in [1.807, 2.05) is 6.07 Å². The largest absolute Gasteiger partial charge is 0.468 e. The molecule has 1 N–H and O–H groups in total. The summed E-state index contributed by atoms with van der Waals surface area (Å²) >= 11 is 2.05. The SMILES string of the molecule is CCNC1CCCC(SCc2ccco2)C1. The molecule has 3 heteroatoms. The van der Waals surface area contributed by atoms with Gasteiger partial charge in [0.05, 0.1) is 12.0 Å². The van der Waals surface area contributed by atoms with Crippen molar-refractivity contribution in [3.8, 4) is 0 Å². The van der Waals surface area contributed by atoms with Crippen molar-refractivity contribution in [2.75, 3.05) is 6.54 Å². The van der Waals surface area contributed by atoms with Crippen LogP contribution in [0, 0.1) is 0 Å². The van der Waals surface area contributed by atoms with Gasteiger partial charge in [0, 0.05) is 11.3 Å². The number of furan rings is 1. The van der Waals surface area contributed by atoms with Gasteiger partial charge in [-0.3, -0.25) is 0 Å². The summed E-state index contributed by atoms with van der Waals surface area (Å²) < 4.78 is 5.36. The van der Waals surface area contributed by atoms with Crippen LogP contribution in [0.2, 0.25) is 0 Å². The Morgan fingerprint density at radius 2 is 2.44 bits per heavy atom. The van der Waals surface area contributed by atoms with Crippen LogP contribution < -0.4 is 5.32 Å². The highest BCUT2D eigenvalue weighted by Gasteiger charge is 2.21. The molecular weight excluding hydrogens is 218 g/mol. The van der Waals surface area contributed by atoms with E-state index in [0.29, 0.717) is 0 Å². The Morgan fingerprint density at radius 1 is 1.50 bits per heavy atom. The Kier molecular flexibility index (Phi) is 4.79. The van der Waals surface area contributed by atoms with Crippen molar-refractivity contribution in [1.29, 1.82) is 0 Å². The maximum Gasteiger partial charge on any atom is 0.113 e. The van der Waals surface area contributed by atoms with Gasteiger partial charge in [0.1, 0.15) is 5.76 Å². The third kappa shape index (κ3) is 3.56. The molecule has 1 aliphatic carbocycles. The van der Waals surface area contributed by atoms with Gasteiger partial charge in [-0.25, -0.2) is 0 Å². The summed E-state index contributed by atoms with van der Waals surface area (Å²) in [6.07, 6.45) is 7.17. The lowest BCUT2D eigenvalue weighted by Crippen LogP contribution is -2.34. The van der Waals surface area contributed by atoms with E-state index in [2.05, 4.69) is 30.1 Å². The molecule has 1 saturated carbocycles. The number of nitrogens with one attached hydrogen (secondary N) is 1. The second-order valence-electron chi connectivity index (χ2n) is 4.43. The zero-order valence-corrected chi connectivity index (χ0v) is 10.8. The molecule has 1 fully saturated rings. The Bertz CT molecular complexity index is 284. The van der Waals surface area contributed by atoms with Gasteiger partial charge in [0.25, 0.3) is 0 Å². The average molecular weight is 239 g/mol. The number of rotatable bonds is 5. The monoisotopic (exact) mass is 239 g/mol. The Labute approximate surface area is 102 Å². The summed E-state index contributed by atoms with van der Waals surface area (Å²) in [7, 11) is 0. The molecule has 2 atom stereocenters. The van der Waals surface area contributed by atoms with Crippen LogP contribution in [0.25, 0.3) is 0 Å². The van der Waals surface area contributed by atoms with Crippen molar-refractivity contribution in [3.05, 3.63) is 24.2 Å². The minimum atomic E-state index is 0.743. The molecule has 1 aromatic rings. The maximum absolute atomic E-state index is 5.36. The van der Waals surface area contributed by atoms with E-state index in [1.165, 1.54) is 25.7 Å². The van der Waals surface area contributed by atoms with Gasteiger partial charge in [-0.1, -0.05) is 13.3 Å². The van der Waals surface area contributed by atoms with Crippen LogP contribution in [-0.4, -0.2) is 17.8 Å². The minimum absolute atomic E-state index is 0.743. The van der Waals surface area contributed by atoms with Crippen molar-refractivity contribution in [1.82, 2.24) is 5.32 Å². The number of thioether (sulfide) groups is 1. The van der Waals surface area contributed by atoms with E-state index >= 15 is 0 Å². The first kappa shape index (κ1) is 12.1. The Hall–Kier alpha value is -0.410. The van der Waals surface area contributed by atoms with Crippen molar-refractivity contribution >= 4 is 11.8 Å². The summed E-state index contributed by atoms with van der Waals surface area (Å²) in [6, 6.07) is 4.78. The van der Waals surface area contributed by atoms with Crippen LogP contribution in [0.5, 0.6) is 0 Å². The number of hydrogen-bond donors (Lipinski definition) is 1. The van der Waals surface area contributed by atoms with Gasteiger partial charge in [0.15, 0.2) is 0 Å². The molecule has 1 heterocycles. The van der Waals surface area contributed by atoms with Crippen LogP contribution >= 0.6 is 11.8 Å². The van der Waals surface area contributed by atoms with E-state index < -0.39 is 0 Å². The van der Waals surface area contributed by atoms with Crippen molar-refractivity contribution < 1.29 is 4.42 Å². The van der Waals surface area contributed by atoms with Crippen LogP contribution in [0.1, 0.15) is 38.4 Å². The lowest BCUT2D eigenvalue weighted by Gasteiger charge is -2.29. The average Bonchev–Trinajstić information content (AvgIpc) is 2.80. The fraction of sp³-hybridized carbons (Fsp3) is 0.692. The zero-order valence-electron chi connectivity index (χ0n) is 9.95. The molecular formula is C13H21NOS. The van der Waals surface area contributed by atoms with E-state index in [-0.39, 0.29) is 0 Å². The highest BCUT2D eigenvalue weighted by Crippen LogP contribution is 2.30. The molecule has 1 aromatic heterocycles. The lowest BCUT2D eigenvalue weighted by molar-refractivity contribution is 0.387. The number of hydrogen-bond acceptors (Lipinski definition) is 3. The van der Waals surface area contributed by atoms with Gasteiger partial charge in [-0.05, 0) is 37.9 Å². The fourth-order valence-corrected chi connectivity index (χ4v) is 3.63. The first-order valence-corrected chi connectivity index (χ1v) is 7.30. The molecule has 0 spiro atoms. The van der Waals surface area contributed by atoms with Crippen molar-refractivity contribution in [2.45, 2.75) is 49.7 Å². The summed E-state index contributed by atoms with van der Waals surface area (Å²) in [5.41, 5.74) is 0. The normalized spacial score (nSPS) is 25.8. The maximum atomic E-state index is 5.36. The van der Waals surface area contributed by atoms with E-state index in [9.17, 15) is 0 Å². The zero-order chi connectivity index (χ0) is 11.2. The van der Waals surface area contributed by atoms with Gasteiger partial charge in [-0.15, -0.1) is 0 Å². The van der Waals surface area contributed by atoms with Crippen LogP contribution in [0.15, 0.2) is 22.8 Å². The first-order chi connectivity index (χ1) is 7.88. The molecule has 90 valence electrons. The van der Waals surface area contributed by atoms with Gasteiger partial charge >= 0.3 is 0 Å². The fourth-order valence-electron chi connectivity index (χ4n) is 2.37. The molecule has 0 aliphatic heterocycles. The quantitative estimate of drug-likeness (QED) is 0.852. The minimum Gasteiger partial charge on any atom is -0.468 e. The van der Waals surface area contributed by atoms with Gasteiger partial charge < -0.3 is 9.73 Å². The third-order valence-electron chi connectivity index (χ3n) is 3.16. The smallest absolute Gasteiger partial charge is 0.113 e. The van der Waals surface area contributed by atoms with Gasteiger partial charge in [0.2, 0.25) is 0 Å². The first-order valence-electron chi connectivity index (χ1n) is 6.26. The highest BCUT2D eigenvalue weighted by atomic mass is 32.2. The van der Waals surface area contributed by atoms with Crippen molar-refractivity contribution in [2.24, 2.45) is 0 Å². The van der Waals surface area contributed by atoms with Crippen LogP contribution in [-0.2, 0) is 5.75 Å². The Morgan fingerprint density at radius 3 is 3.19 bits per heavy atom. The standard InChI is InChI=1S/C13H21NOS/c1-2-14-11-5-3-7-13(9-11)16-10-12-6-4-8-15-12/h4,6,8,11,13-14H,2-3,5,7,9-10H2,1H3. The predicted molar refractivity (Wildman–Crippen MR) is 69.7 cm³/mol. The molecule has 2 unspecified atom stereocenters. The summed E-state index contributed by atoms with van der Waals surface area (Å²) in [5.74, 6) is 2.13. The molecule has 0 saturated heterocycles. The summed E-state index contributed by atoms with van der Waals surface area (Å²) in [5, 5.41) is 4.38. The van der Waals surface area contributed by atoms with Gasteiger partial charge in [-0.2, -0.15) is 11.8 Å². The molecule has 16 heavy (non-hydrogen) atoms. The summed E-state index contributed by atoms with van der Waals surface area (Å²) in [6.45, 7) is 3.29. The van der Waals surface area contributed by atoms with Crippen LogP contribution in [0.3, 0.4) is 0 Å². The highest BCUT2D eigenvalue weighted by molar-refractivity contribution is 7.99. The molecule has 0 aromatic carbocycles. The second-order valence-corrected chi connectivity index (χ2v) is 5.72. The van der Waals surface area contributed by atoms with E-state index in [0.717, 1.165) is 29.3 Å². The van der Waals surface area contributed by atoms with E-state index in [4.69, 9.17) is 4.42 Å². The van der Waals surface area contributed by atoms with E-state index in [1.54, 1.807) is 6.26 Å². The summed E-state index contributed by atoms with van der Waals surface area (Å²) in [4.78, 5) is 0. The van der Waals surface area contributed by atoms with Crippen molar-refractivity contribution in [3.63, 3.8) is 0 Å². The second kappa shape index (κ2) is 6.36. The topological polar surface area (TPSA) is 25.2 Å². The molecule has 0 radical (unpaired) electrons. The Balaban J connectivity index is 1.72. The molecule has 2 rings (SSSR count). The van der Waals surface area contributed by atoms with Crippen LogP contribution in [0.4, 0.5) is 0 Å². The predicted octanol–water partition coefficient (Wildman–Crippen LogP) is 3.43. The molecule has 1 aliphatic rings. The molecule has 0 bridgehead atoms. The molecule has 2 nitrogen and oxygen atoms in total. The third-order valence-corrected chi connectivity index (χ3v) is 4.51.